The second-order valence-corrected chi connectivity index (χ2v) is 12.0. The molecule has 14 heteroatoms. The number of nitrogens with one attached hydrogen (secondary N) is 2. The first-order chi connectivity index (χ1) is 23.0. The number of carbonyl (C=O) groups is 4. The van der Waals surface area contributed by atoms with Crippen molar-refractivity contribution in [1.29, 1.82) is 0 Å². The van der Waals surface area contributed by atoms with Gasteiger partial charge in [0.1, 0.15) is 17.3 Å². The second-order valence-electron chi connectivity index (χ2n) is 10.2. The van der Waals surface area contributed by atoms with E-state index in [1.54, 1.807) is 24.3 Å². The van der Waals surface area contributed by atoms with Crippen LogP contribution in [0.4, 0.5) is 25.8 Å². The molecule has 1 heterocycles. The van der Waals surface area contributed by atoms with E-state index < -0.39 is 41.9 Å². The van der Waals surface area contributed by atoms with Crippen molar-refractivity contribution in [3.63, 3.8) is 0 Å². The Hall–Kier alpha value is -5.04. The van der Waals surface area contributed by atoms with Gasteiger partial charge in [0.2, 0.25) is 5.91 Å². The predicted octanol–water partition coefficient (Wildman–Crippen LogP) is 7.49. The number of benzene rings is 4. The minimum atomic E-state index is -0.762. The van der Waals surface area contributed by atoms with Gasteiger partial charge in [0.15, 0.2) is 11.8 Å². The molecule has 0 unspecified atom stereocenters. The summed E-state index contributed by atoms with van der Waals surface area (Å²) >= 11 is 12.6. The molecular weight excluding hydrogens is 685 g/mol. The van der Waals surface area contributed by atoms with Crippen LogP contribution in [0.15, 0.2) is 95.6 Å². The summed E-state index contributed by atoms with van der Waals surface area (Å²) in [6, 6.07) is 20.8. The van der Waals surface area contributed by atoms with Crippen LogP contribution >= 0.6 is 35.0 Å². The molecule has 0 aliphatic carbocycles. The van der Waals surface area contributed by atoms with Gasteiger partial charge in [0.25, 0.3) is 11.8 Å². The molecule has 244 valence electrons. The number of thioether (sulfide) groups is 1. The summed E-state index contributed by atoms with van der Waals surface area (Å²) in [7, 11) is 0. The van der Waals surface area contributed by atoms with Crippen molar-refractivity contribution in [1.82, 2.24) is 0 Å². The van der Waals surface area contributed by atoms with Gasteiger partial charge >= 0.3 is 5.97 Å². The predicted molar refractivity (Wildman–Crippen MR) is 183 cm³/mol. The summed E-state index contributed by atoms with van der Waals surface area (Å²) in [5.74, 6) is -3.61. The number of rotatable bonds is 9. The van der Waals surface area contributed by atoms with Crippen molar-refractivity contribution in [2.75, 3.05) is 27.9 Å². The standard InChI is InChI=1S/C34H24Cl2F2N4O5S/c1-19-2-10-24(11-3-19)42-32(45)29(41-34(42)48-18-31(44)40-23-9-13-28(38)26(36)16-23)14-20-4-6-21(7-5-20)33(46)47-17-30(43)39-22-8-12-27(37)25(35)15-22/h2-16H,17-18H2,1H3,(H,39,43)(H,40,44). The van der Waals surface area contributed by atoms with Gasteiger partial charge in [0.05, 0.1) is 27.0 Å². The number of hydrogen-bond donors (Lipinski definition) is 2. The Bertz CT molecular complexity index is 1970. The van der Waals surface area contributed by atoms with E-state index in [9.17, 15) is 28.0 Å². The zero-order chi connectivity index (χ0) is 34.4. The van der Waals surface area contributed by atoms with E-state index in [4.69, 9.17) is 27.9 Å². The first-order valence-electron chi connectivity index (χ1n) is 14.1. The van der Waals surface area contributed by atoms with Gasteiger partial charge in [-0.2, -0.15) is 0 Å². The number of hydrogen-bond acceptors (Lipinski definition) is 7. The van der Waals surface area contributed by atoms with Gasteiger partial charge in [0, 0.05) is 11.4 Å². The summed E-state index contributed by atoms with van der Waals surface area (Å²) in [6.07, 6.45) is 1.54. The van der Waals surface area contributed by atoms with E-state index in [1.807, 2.05) is 19.1 Å². The molecule has 1 aliphatic rings. The normalized spacial score (nSPS) is 13.4. The molecule has 48 heavy (non-hydrogen) atoms. The van der Waals surface area contributed by atoms with Crippen LogP contribution in [0.2, 0.25) is 10.0 Å². The monoisotopic (exact) mass is 708 g/mol. The van der Waals surface area contributed by atoms with E-state index in [1.165, 1.54) is 47.4 Å². The Balaban J connectivity index is 1.25. The molecule has 0 saturated heterocycles. The van der Waals surface area contributed by atoms with Gasteiger partial charge < -0.3 is 15.4 Å². The van der Waals surface area contributed by atoms with Gasteiger partial charge in [-0.25, -0.2) is 18.6 Å². The summed E-state index contributed by atoms with van der Waals surface area (Å²) < 4.78 is 31.9. The second kappa shape index (κ2) is 15.2. The number of amidine groups is 1. The van der Waals surface area contributed by atoms with E-state index in [0.717, 1.165) is 29.5 Å². The highest BCUT2D eigenvalue weighted by Crippen LogP contribution is 2.30. The third-order valence-corrected chi connectivity index (χ3v) is 8.16. The average molecular weight is 710 g/mol. The van der Waals surface area contributed by atoms with Crippen molar-refractivity contribution in [2.45, 2.75) is 6.92 Å². The smallest absolute Gasteiger partial charge is 0.338 e. The van der Waals surface area contributed by atoms with Gasteiger partial charge in [-0.15, -0.1) is 0 Å². The minimum absolute atomic E-state index is 0.0942. The Morgan fingerprint density at radius 3 is 2.02 bits per heavy atom. The highest BCUT2D eigenvalue weighted by Gasteiger charge is 2.32. The lowest BCUT2D eigenvalue weighted by Crippen LogP contribution is -2.31. The lowest BCUT2D eigenvalue weighted by molar-refractivity contribution is -0.119. The molecule has 3 amide bonds. The molecule has 9 nitrogen and oxygen atoms in total. The van der Waals surface area contributed by atoms with Gasteiger partial charge in [-0.05, 0) is 79.2 Å². The van der Waals surface area contributed by atoms with Crippen LogP contribution in [-0.4, -0.2) is 41.2 Å². The molecule has 0 saturated carbocycles. The number of esters is 1. The van der Waals surface area contributed by atoms with Gasteiger partial charge in [-0.3, -0.25) is 19.3 Å². The summed E-state index contributed by atoms with van der Waals surface area (Å²) in [6.45, 7) is 1.32. The van der Waals surface area contributed by atoms with E-state index in [0.29, 0.717) is 16.9 Å². The van der Waals surface area contributed by atoms with E-state index in [-0.39, 0.29) is 37.9 Å². The van der Waals surface area contributed by atoms with Crippen LogP contribution in [0.25, 0.3) is 6.08 Å². The zero-order valence-electron chi connectivity index (χ0n) is 24.9. The van der Waals surface area contributed by atoms with Crippen molar-refractivity contribution in [3.8, 4) is 0 Å². The highest BCUT2D eigenvalue weighted by atomic mass is 35.5. The minimum Gasteiger partial charge on any atom is -0.452 e. The summed E-state index contributed by atoms with van der Waals surface area (Å²) in [5.41, 5.74) is 2.89. The molecule has 0 atom stereocenters. The fourth-order valence-corrected chi connectivity index (χ4v) is 5.45. The van der Waals surface area contributed by atoms with Crippen LogP contribution < -0.4 is 15.5 Å². The summed E-state index contributed by atoms with van der Waals surface area (Å²) in [5, 5.41) is 5.07. The zero-order valence-corrected chi connectivity index (χ0v) is 27.3. The molecule has 2 N–H and O–H groups in total. The number of anilines is 3. The van der Waals surface area contributed by atoms with Crippen LogP contribution in [-0.2, 0) is 19.1 Å². The number of ether oxygens (including phenoxy) is 1. The average Bonchev–Trinajstić information content (AvgIpc) is 3.37. The number of nitrogens with zero attached hydrogens (tertiary/aromatic N) is 2. The number of carbonyl (C=O) groups excluding carboxylic acids is 4. The first kappa shape index (κ1) is 34.3. The van der Waals surface area contributed by atoms with Gasteiger partial charge in [-0.1, -0.05) is 64.8 Å². The maximum absolute atomic E-state index is 13.5. The van der Waals surface area contributed by atoms with Crippen LogP contribution in [0.5, 0.6) is 0 Å². The molecule has 1 aliphatic heterocycles. The lowest BCUT2D eigenvalue weighted by atomic mass is 10.1. The SMILES string of the molecule is Cc1ccc(N2C(=O)C(=Cc3ccc(C(=O)OCC(=O)Nc4ccc(F)c(Cl)c4)cc3)N=C2SCC(=O)Nc2ccc(F)c(Cl)c2)cc1. The Labute approximate surface area is 287 Å². The molecule has 0 radical (unpaired) electrons. The van der Waals surface area contributed by atoms with Crippen LogP contribution in [0.3, 0.4) is 0 Å². The lowest BCUT2D eigenvalue weighted by Gasteiger charge is -2.18. The van der Waals surface area contributed by atoms with Crippen molar-refractivity contribution < 1.29 is 32.7 Å². The molecule has 0 bridgehead atoms. The topological polar surface area (TPSA) is 117 Å². The molecular formula is C34H24Cl2F2N4O5S. The van der Waals surface area contributed by atoms with Crippen molar-refractivity contribution >= 4 is 87.0 Å². The maximum Gasteiger partial charge on any atom is 0.338 e. The number of aliphatic imine (C=N–C) groups is 1. The van der Waals surface area contributed by atoms with Crippen molar-refractivity contribution in [2.24, 2.45) is 4.99 Å². The molecule has 5 rings (SSSR count). The third-order valence-electron chi connectivity index (χ3n) is 6.64. The molecule has 0 aromatic heterocycles. The van der Waals surface area contributed by atoms with Crippen LogP contribution in [0, 0.1) is 18.6 Å². The quantitative estimate of drug-likeness (QED) is 0.137. The van der Waals surface area contributed by atoms with E-state index in [2.05, 4.69) is 15.6 Å². The van der Waals surface area contributed by atoms with Crippen molar-refractivity contribution in [3.05, 3.63) is 129 Å². The number of amides is 3. The Morgan fingerprint density at radius 2 is 1.44 bits per heavy atom. The van der Waals surface area contributed by atoms with Crippen LogP contribution in [0.1, 0.15) is 21.5 Å². The largest absolute Gasteiger partial charge is 0.452 e. The molecule has 4 aromatic carbocycles. The Morgan fingerprint density at radius 1 is 0.854 bits per heavy atom. The summed E-state index contributed by atoms with van der Waals surface area (Å²) in [4.78, 5) is 56.8. The number of halogens is 4. The number of aryl methyl sites for hydroxylation is 1. The first-order valence-corrected chi connectivity index (χ1v) is 15.8. The fraction of sp³-hybridized carbons (Fsp3) is 0.0882. The third kappa shape index (κ3) is 8.65. The molecule has 0 spiro atoms. The fourth-order valence-electron chi connectivity index (χ4n) is 4.27. The molecule has 4 aromatic rings. The highest BCUT2D eigenvalue weighted by molar-refractivity contribution is 8.14. The molecule has 0 fully saturated rings. The maximum atomic E-state index is 13.5. The Kier molecular flexibility index (Phi) is 10.9. The van der Waals surface area contributed by atoms with E-state index >= 15 is 0 Å².